The number of rotatable bonds is 2. The van der Waals surface area contributed by atoms with Crippen molar-refractivity contribution in [2.75, 3.05) is 36.8 Å². The van der Waals surface area contributed by atoms with Crippen LogP contribution in [0.5, 0.6) is 5.75 Å². The first-order valence-corrected chi connectivity index (χ1v) is 10.1. The summed E-state index contributed by atoms with van der Waals surface area (Å²) >= 11 is 0. The number of nitrogen functional groups attached to an aromatic ring is 1. The molecule has 2 aromatic carbocycles. The molecule has 0 aromatic heterocycles. The Balaban J connectivity index is 1.72. The lowest BCUT2D eigenvalue weighted by atomic mass is 9.73. The van der Waals surface area contributed by atoms with Crippen LogP contribution in [0.25, 0.3) is 0 Å². The number of likely N-dealkylation sites (tertiary alicyclic amines) is 1. The predicted molar refractivity (Wildman–Crippen MR) is 113 cm³/mol. The number of hydrogen-bond donors (Lipinski definition) is 2. The monoisotopic (exact) mass is 383 g/mol. The van der Waals surface area contributed by atoms with Gasteiger partial charge in [-0.05, 0) is 55.6 Å². The fourth-order valence-corrected chi connectivity index (χ4v) is 4.95. The maximum atomic E-state index is 15.1. The Morgan fingerprint density at radius 1 is 1.11 bits per heavy atom. The highest BCUT2D eigenvalue weighted by molar-refractivity contribution is 5.83. The summed E-state index contributed by atoms with van der Waals surface area (Å²) in [6.07, 6.45) is 1.75. The lowest BCUT2D eigenvalue weighted by Gasteiger charge is -2.42. The summed E-state index contributed by atoms with van der Waals surface area (Å²) in [6.45, 7) is 10.3. The van der Waals surface area contributed by atoms with E-state index in [0.29, 0.717) is 23.5 Å². The number of piperidine rings is 1. The molecule has 3 N–H and O–H groups in total. The van der Waals surface area contributed by atoms with Crippen LogP contribution in [0.4, 0.5) is 21.5 Å². The maximum Gasteiger partial charge on any atom is 0.139 e. The summed E-state index contributed by atoms with van der Waals surface area (Å²) in [7, 11) is 0. The van der Waals surface area contributed by atoms with Gasteiger partial charge in [0.1, 0.15) is 11.6 Å². The largest absolute Gasteiger partial charge is 0.506 e. The molecule has 150 valence electrons. The van der Waals surface area contributed by atoms with E-state index in [1.807, 2.05) is 29.2 Å². The number of hydrogen-bond acceptors (Lipinski definition) is 4. The minimum Gasteiger partial charge on any atom is -0.506 e. The molecule has 2 aliphatic rings. The number of anilines is 3. The lowest BCUT2D eigenvalue weighted by Crippen LogP contribution is -2.47. The van der Waals surface area contributed by atoms with Crippen molar-refractivity contribution in [1.29, 1.82) is 0 Å². The van der Waals surface area contributed by atoms with Crippen LogP contribution in [0, 0.1) is 11.2 Å². The molecule has 5 heteroatoms. The quantitative estimate of drug-likeness (QED) is 0.742. The van der Waals surface area contributed by atoms with Crippen LogP contribution in [0.2, 0.25) is 0 Å². The molecule has 28 heavy (non-hydrogen) atoms. The van der Waals surface area contributed by atoms with Crippen LogP contribution in [-0.2, 0) is 5.41 Å². The first kappa shape index (κ1) is 19.1. The van der Waals surface area contributed by atoms with Gasteiger partial charge in [-0.15, -0.1) is 0 Å². The van der Waals surface area contributed by atoms with Crippen molar-refractivity contribution < 1.29 is 9.50 Å². The summed E-state index contributed by atoms with van der Waals surface area (Å²) in [5.41, 5.74) is 8.89. The van der Waals surface area contributed by atoms with E-state index in [2.05, 4.69) is 25.7 Å². The molecule has 4 rings (SSSR count). The molecule has 1 fully saturated rings. The van der Waals surface area contributed by atoms with Gasteiger partial charge in [0.25, 0.3) is 0 Å². The molecule has 2 heterocycles. The molecule has 0 bridgehead atoms. The lowest BCUT2D eigenvalue weighted by molar-refractivity contribution is 0.124. The average molecular weight is 384 g/mol. The summed E-state index contributed by atoms with van der Waals surface area (Å²) < 4.78 is 15.1. The SMILES string of the molecule is CC(C)(C)CN1CCC2(CC1)CN(c1ccccc1N)c1c(O)ccc(F)c12. The third-order valence-corrected chi connectivity index (χ3v) is 6.11. The van der Waals surface area contributed by atoms with E-state index in [1.54, 1.807) is 0 Å². The average Bonchev–Trinajstić information content (AvgIpc) is 2.96. The fourth-order valence-electron chi connectivity index (χ4n) is 4.95. The van der Waals surface area contributed by atoms with E-state index in [9.17, 15) is 5.11 Å². The number of benzene rings is 2. The number of nitrogens with zero attached hydrogens (tertiary/aromatic N) is 2. The van der Waals surface area contributed by atoms with Crippen LogP contribution in [0.1, 0.15) is 39.2 Å². The molecule has 4 nitrogen and oxygen atoms in total. The molecule has 0 unspecified atom stereocenters. The second-order valence-electron chi connectivity index (χ2n) is 9.55. The Kier molecular flexibility index (Phi) is 4.53. The van der Waals surface area contributed by atoms with Gasteiger partial charge in [0.15, 0.2) is 0 Å². The summed E-state index contributed by atoms with van der Waals surface area (Å²) in [5, 5.41) is 10.6. The predicted octanol–water partition coefficient (Wildman–Crippen LogP) is 4.64. The number of para-hydroxylation sites is 2. The molecule has 1 spiro atoms. The highest BCUT2D eigenvalue weighted by atomic mass is 19.1. The molecule has 2 aliphatic heterocycles. The van der Waals surface area contributed by atoms with Crippen LogP contribution >= 0.6 is 0 Å². The zero-order chi connectivity index (χ0) is 20.1. The zero-order valence-electron chi connectivity index (χ0n) is 17.0. The molecule has 1 saturated heterocycles. The van der Waals surface area contributed by atoms with E-state index < -0.39 is 0 Å². The zero-order valence-corrected chi connectivity index (χ0v) is 17.0. The van der Waals surface area contributed by atoms with Crippen molar-refractivity contribution >= 4 is 17.1 Å². The van der Waals surface area contributed by atoms with Gasteiger partial charge in [-0.3, -0.25) is 0 Å². The summed E-state index contributed by atoms with van der Waals surface area (Å²) in [6, 6.07) is 10.5. The van der Waals surface area contributed by atoms with E-state index in [0.717, 1.165) is 38.2 Å². The number of halogens is 1. The number of nitrogens with two attached hydrogens (primary N) is 1. The maximum absolute atomic E-state index is 15.1. The standard InChI is InChI=1S/C23H30FN3O/c1-22(2,3)14-26-12-10-23(11-13-26)15-27(18-7-5-4-6-17(18)25)21-19(28)9-8-16(24)20(21)23/h4-9,28H,10-15,25H2,1-3H3. The Bertz CT molecular complexity index is 882. The molecule has 0 aliphatic carbocycles. The third-order valence-electron chi connectivity index (χ3n) is 6.11. The Labute approximate surface area is 166 Å². The first-order valence-electron chi connectivity index (χ1n) is 10.1. The minimum atomic E-state index is -0.297. The van der Waals surface area contributed by atoms with Crippen molar-refractivity contribution in [3.63, 3.8) is 0 Å². The fraction of sp³-hybridized carbons (Fsp3) is 0.478. The van der Waals surface area contributed by atoms with Crippen LogP contribution in [0.3, 0.4) is 0 Å². The second kappa shape index (κ2) is 6.66. The highest BCUT2D eigenvalue weighted by Gasteiger charge is 2.48. The Morgan fingerprint density at radius 2 is 1.79 bits per heavy atom. The van der Waals surface area contributed by atoms with Crippen LogP contribution in [0.15, 0.2) is 36.4 Å². The summed E-state index contributed by atoms with van der Waals surface area (Å²) in [4.78, 5) is 4.49. The van der Waals surface area contributed by atoms with Crippen molar-refractivity contribution in [3.05, 3.63) is 47.8 Å². The van der Waals surface area contributed by atoms with E-state index in [-0.39, 0.29) is 22.4 Å². The first-order chi connectivity index (χ1) is 13.2. The van der Waals surface area contributed by atoms with Crippen LogP contribution < -0.4 is 10.6 Å². The van der Waals surface area contributed by atoms with E-state index in [4.69, 9.17) is 5.73 Å². The van der Waals surface area contributed by atoms with Gasteiger partial charge in [0.05, 0.1) is 17.1 Å². The van der Waals surface area contributed by atoms with Crippen molar-refractivity contribution in [2.45, 2.75) is 39.0 Å². The van der Waals surface area contributed by atoms with E-state index in [1.165, 1.54) is 12.1 Å². The second-order valence-corrected chi connectivity index (χ2v) is 9.55. The molecular formula is C23H30FN3O. The minimum absolute atomic E-state index is 0.119. The van der Waals surface area contributed by atoms with Gasteiger partial charge in [-0.1, -0.05) is 32.9 Å². The van der Waals surface area contributed by atoms with Crippen LogP contribution in [-0.4, -0.2) is 36.2 Å². The van der Waals surface area contributed by atoms with Gasteiger partial charge < -0.3 is 20.6 Å². The number of aromatic hydroxyl groups is 1. The number of fused-ring (bicyclic) bond motifs is 2. The van der Waals surface area contributed by atoms with Gasteiger partial charge >= 0.3 is 0 Å². The number of phenols is 1. The molecule has 0 atom stereocenters. The molecule has 2 aromatic rings. The third kappa shape index (κ3) is 3.22. The Hall–Kier alpha value is -2.27. The van der Waals surface area contributed by atoms with Gasteiger partial charge in [-0.25, -0.2) is 4.39 Å². The van der Waals surface area contributed by atoms with Gasteiger partial charge in [0, 0.05) is 24.1 Å². The van der Waals surface area contributed by atoms with Gasteiger partial charge in [-0.2, -0.15) is 0 Å². The van der Waals surface area contributed by atoms with Crippen molar-refractivity contribution in [2.24, 2.45) is 5.41 Å². The highest BCUT2D eigenvalue weighted by Crippen LogP contribution is 2.54. The van der Waals surface area contributed by atoms with Gasteiger partial charge in [0.2, 0.25) is 0 Å². The molecule has 0 saturated carbocycles. The van der Waals surface area contributed by atoms with Crippen molar-refractivity contribution in [1.82, 2.24) is 4.90 Å². The topological polar surface area (TPSA) is 52.7 Å². The molecular weight excluding hydrogens is 353 g/mol. The van der Waals surface area contributed by atoms with Crippen molar-refractivity contribution in [3.8, 4) is 5.75 Å². The smallest absolute Gasteiger partial charge is 0.139 e. The molecule has 0 amide bonds. The normalized spacial score (nSPS) is 19.2. The Morgan fingerprint density at radius 3 is 2.43 bits per heavy atom. The summed E-state index contributed by atoms with van der Waals surface area (Å²) in [5.74, 6) is -0.109. The number of phenolic OH excluding ortho intramolecular Hbond substituents is 1. The van der Waals surface area contributed by atoms with E-state index >= 15 is 4.39 Å². The molecule has 0 radical (unpaired) electrons.